The van der Waals surface area contributed by atoms with Crippen LogP contribution in [0.25, 0.3) is 11.2 Å². The van der Waals surface area contributed by atoms with E-state index in [1.54, 1.807) is 0 Å². The number of ketones is 1. The molecule has 3 aromatic rings. The number of carbonyl (C=O) groups is 2. The summed E-state index contributed by atoms with van der Waals surface area (Å²) in [5.74, 6) is 0.785. The van der Waals surface area contributed by atoms with Crippen LogP contribution in [0.2, 0.25) is 0 Å². The molecule has 10 heteroatoms. The highest BCUT2D eigenvalue weighted by molar-refractivity contribution is 14.1. The Hall–Kier alpha value is -2.21. The lowest BCUT2D eigenvalue weighted by molar-refractivity contribution is -0.122. The third-order valence-electron chi connectivity index (χ3n) is 5.39. The van der Waals surface area contributed by atoms with Gasteiger partial charge in [0.25, 0.3) is 0 Å². The van der Waals surface area contributed by atoms with E-state index in [0.29, 0.717) is 41.6 Å². The van der Waals surface area contributed by atoms with E-state index in [1.165, 1.54) is 18.1 Å². The standard InChI is InChI=1S/C20H19IN6O2S/c21-13-7-11-3-4-14(28)12(11)8-15(13)30-20-26-16-17(22)24-9-25-18(16)27(20)6-5-23-19(29)10-1-2-10/h7-10H,1-6H2,(H,23,29)(H2,22,24,25). The van der Waals surface area contributed by atoms with Gasteiger partial charge in [0.15, 0.2) is 27.9 Å². The zero-order valence-electron chi connectivity index (χ0n) is 16.0. The van der Waals surface area contributed by atoms with Crippen molar-refractivity contribution in [3.8, 4) is 0 Å². The van der Waals surface area contributed by atoms with E-state index in [0.717, 1.165) is 38.9 Å². The SMILES string of the molecule is Nc1ncnc2c1nc(Sc1cc3c(cc1I)CCC3=O)n2CCNC(=O)C1CC1. The molecule has 1 aromatic carbocycles. The number of fused-ring (bicyclic) bond motifs is 2. The number of benzene rings is 1. The predicted octanol–water partition coefficient (Wildman–Crippen LogP) is 2.82. The van der Waals surface area contributed by atoms with Crippen LogP contribution >= 0.6 is 34.4 Å². The molecule has 0 radical (unpaired) electrons. The summed E-state index contributed by atoms with van der Waals surface area (Å²) in [5, 5.41) is 3.70. The molecule has 0 unspecified atom stereocenters. The number of hydrogen-bond acceptors (Lipinski definition) is 7. The number of halogens is 1. The molecule has 1 amide bonds. The summed E-state index contributed by atoms with van der Waals surface area (Å²) in [4.78, 5) is 38.3. The average molecular weight is 534 g/mol. The minimum absolute atomic E-state index is 0.106. The first-order valence-corrected chi connectivity index (χ1v) is 11.7. The Labute approximate surface area is 190 Å². The number of nitrogens with one attached hydrogen (secondary N) is 1. The highest BCUT2D eigenvalue weighted by Crippen LogP contribution is 2.37. The molecular formula is C20H19IN6O2S. The molecule has 1 saturated carbocycles. The number of aromatic nitrogens is 4. The molecule has 0 saturated heterocycles. The number of rotatable bonds is 6. The van der Waals surface area contributed by atoms with E-state index in [-0.39, 0.29) is 17.6 Å². The van der Waals surface area contributed by atoms with Crippen LogP contribution < -0.4 is 11.1 Å². The summed E-state index contributed by atoms with van der Waals surface area (Å²) in [6.07, 6.45) is 4.75. The maximum atomic E-state index is 12.2. The molecule has 154 valence electrons. The number of carbonyl (C=O) groups excluding carboxylic acids is 2. The first-order chi connectivity index (χ1) is 14.5. The number of anilines is 1. The lowest BCUT2D eigenvalue weighted by Crippen LogP contribution is -2.28. The fraction of sp³-hybridized carbons (Fsp3) is 0.350. The Bertz CT molecular complexity index is 1190. The second-order valence-corrected chi connectivity index (χ2v) is 9.68. The number of nitrogens with two attached hydrogens (primary N) is 1. The van der Waals surface area contributed by atoms with Crippen molar-refractivity contribution in [2.24, 2.45) is 5.92 Å². The lowest BCUT2D eigenvalue weighted by Gasteiger charge is -2.11. The highest BCUT2D eigenvalue weighted by Gasteiger charge is 2.29. The normalized spacial score (nSPS) is 15.6. The number of hydrogen-bond donors (Lipinski definition) is 2. The zero-order valence-corrected chi connectivity index (χ0v) is 19.0. The van der Waals surface area contributed by atoms with Gasteiger partial charge in [-0.25, -0.2) is 15.0 Å². The van der Waals surface area contributed by atoms with Gasteiger partial charge in [-0.05, 0) is 59.5 Å². The summed E-state index contributed by atoms with van der Waals surface area (Å²) < 4.78 is 3.03. The van der Waals surface area contributed by atoms with E-state index in [9.17, 15) is 9.59 Å². The second-order valence-electron chi connectivity index (χ2n) is 7.51. The Balaban J connectivity index is 1.47. The van der Waals surface area contributed by atoms with E-state index in [4.69, 9.17) is 5.73 Å². The van der Waals surface area contributed by atoms with Crippen molar-refractivity contribution in [3.05, 3.63) is 33.2 Å². The van der Waals surface area contributed by atoms with Gasteiger partial charge in [0.2, 0.25) is 5.91 Å². The van der Waals surface area contributed by atoms with Crippen LogP contribution in [-0.2, 0) is 17.8 Å². The van der Waals surface area contributed by atoms with Gasteiger partial charge < -0.3 is 15.6 Å². The van der Waals surface area contributed by atoms with Crippen molar-refractivity contribution in [1.82, 2.24) is 24.8 Å². The van der Waals surface area contributed by atoms with Crippen molar-refractivity contribution in [3.63, 3.8) is 0 Å². The Morgan fingerprint density at radius 1 is 1.30 bits per heavy atom. The van der Waals surface area contributed by atoms with Crippen LogP contribution in [0.3, 0.4) is 0 Å². The summed E-state index contributed by atoms with van der Waals surface area (Å²) in [5.41, 5.74) is 9.12. The second kappa shape index (κ2) is 7.80. The van der Waals surface area contributed by atoms with Crippen molar-refractivity contribution in [2.75, 3.05) is 12.3 Å². The van der Waals surface area contributed by atoms with Crippen molar-refractivity contribution < 1.29 is 9.59 Å². The van der Waals surface area contributed by atoms with Gasteiger partial charge in [0.05, 0.1) is 0 Å². The molecule has 2 aromatic heterocycles. The Morgan fingerprint density at radius 3 is 2.93 bits per heavy atom. The smallest absolute Gasteiger partial charge is 0.223 e. The molecule has 5 rings (SSSR count). The van der Waals surface area contributed by atoms with Crippen LogP contribution in [0.15, 0.2) is 28.5 Å². The molecule has 0 bridgehead atoms. The van der Waals surface area contributed by atoms with E-state index >= 15 is 0 Å². The molecule has 3 N–H and O–H groups in total. The quantitative estimate of drug-likeness (QED) is 0.468. The van der Waals surface area contributed by atoms with Crippen LogP contribution in [0.1, 0.15) is 35.2 Å². The molecule has 2 heterocycles. The van der Waals surface area contributed by atoms with Gasteiger partial charge >= 0.3 is 0 Å². The number of aryl methyl sites for hydroxylation is 1. The lowest BCUT2D eigenvalue weighted by atomic mass is 10.1. The van der Waals surface area contributed by atoms with Crippen LogP contribution in [0.4, 0.5) is 5.82 Å². The first-order valence-electron chi connectivity index (χ1n) is 9.79. The number of nitrogens with zero attached hydrogens (tertiary/aromatic N) is 4. The summed E-state index contributed by atoms with van der Waals surface area (Å²) >= 11 is 3.77. The topological polar surface area (TPSA) is 116 Å². The number of nitrogen functional groups attached to an aromatic ring is 1. The molecule has 8 nitrogen and oxygen atoms in total. The van der Waals surface area contributed by atoms with E-state index < -0.39 is 0 Å². The van der Waals surface area contributed by atoms with Crippen molar-refractivity contribution >= 4 is 63.0 Å². The van der Waals surface area contributed by atoms with Crippen LogP contribution in [0, 0.1) is 9.49 Å². The minimum Gasteiger partial charge on any atom is -0.382 e. The molecule has 30 heavy (non-hydrogen) atoms. The molecule has 2 aliphatic rings. The molecule has 0 spiro atoms. The Kier molecular flexibility index (Phi) is 5.13. The van der Waals surface area contributed by atoms with Crippen LogP contribution in [-0.4, -0.2) is 37.8 Å². The maximum absolute atomic E-state index is 12.2. The van der Waals surface area contributed by atoms with Gasteiger partial charge in [-0.15, -0.1) is 0 Å². The van der Waals surface area contributed by atoms with Gasteiger partial charge in [-0.2, -0.15) is 0 Å². The first kappa shape index (κ1) is 19.7. The Morgan fingerprint density at radius 2 is 2.13 bits per heavy atom. The zero-order chi connectivity index (χ0) is 20.8. The summed E-state index contributed by atoms with van der Waals surface area (Å²) in [7, 11) is 0. The van der Waals surface area contributed by atoms with Crippen molar-refractivity contribution in [2.45, 2.75) is 42.3 Å². The number of Topliss-reactive ketones (excluding diaryl/α,β-unsaturated/α-hetero) is 1. The molecule has 0 atom stereocenters. The number of amides is 1. The number of imidazole rings is 1. The third kappa shape index (κ3) is 3.66. The summed E-state index contributed by atoms with van der Waals surface area (Å²) in [6.45, 7) is 1.01. The molecular weight excluding hydrogens is 515 g/mol. The minimum atomic E-state index is 0.106. The van der Waals surface area contributed by atoms with Gasteiger partial charge in [-0.3, -0.25) is 9.59 Å². The maximum Gasteiger partial charge on any atom is 0.223 e. The van der Waals surface area contributed by atoms with Crippen molar-refractivity contribution in [1.29, 1.82) is 0 Å². The fourth-order valence-electron chi connectivity index (χ4n) is 3.61. The van der Waals surface area contributed by atoms with E-state index in [2.05, 4.69) is 48.9 Å². The molecule has 0 aliphatic heterocycles. The van der Waals surface area contributed by atoms with Gasteiger partial charge in [0.1, 0.15) is 6.33 Å². The predicted molar refractivity (Wildman–Crippen MR) is 121 cm³/mol. The average Bonchev–Trinajstić information content (AvgIpc) is 3.44. The highest BCUT2D eigenvalue weighted by atomic mass is 127. The monoisotopic (exact) mass is 534 g/mol. The third-order valence-corrected chi connectivity index (χ3v) is 7.70. The molecule has 1 fully saturated rings. The van der Waals surface area contributed by atoms with Gasteiger partial charge in [-0.1, -0.05) is 11.8 Å². The fourth-order valence-corrected chi connectivity index (χ4v) is 5.43. The van der Waals surface area contributed by atoms with E-state index in [1.807, 2.05) is 10.6 Å². The van der Waals surface area contributed by atoms with Gasteiger partial charge in [0, 0.05) is 39.5 Å². The van der Waals surface area contributed by atoms with Crippen LogP contribution in [0.5, 0.6) is 0 Å². The molecule has 2 aliphatic carbocycles. The largest absolute Gasteiger partial charge is 0.382 e. The summed E-state index contributed by atoms with van der Waals surface area (Å²) in [6, 6.07) is 4.05.